The number of aromatic amines is 2. The van der Waals surface area contributed by atoms with E-state index in [4.69, 9.17) is 14.5 Å². The quantitative estimate of drug-likeness (QED) is 0.143. The number of alkyl carbamates (subject to hydrolysis) is 2. The van der Waals surface area contributed by atoms with Gasteiger partial charge in [0.2, 0.25) is 11.8 Å². The van der Waals surface area contributed by atoms with Gasteiger partial charge in [-0.25, -0.2) is 19.6 Å². The van der Waals surface area contributed by atoms with Crippen LogP contribution >= 0.6 is 24.8 Å². The molecule has 0 saturated carbocycles. The molecule has 16 heteroatoms. The number of nitrogens with zero attached hydrogens (tertiary/aromatic N) is 4. The van der Waals surface area contributed by atoms with Crippen molar-refractivity contribution in [2.75, 3.05) is 27.3 Å². The number of H-pyrrole nitrogens is 2. The Morgan fingerprint density at radius 2 is 1.28 bits per heavy atom. The van der Waals surface area contributed by atoms with Crippen LogP contribution in [-0.4, -0.2) is 93.1 Å². The molecule has 4 N–H and O–H groups in total. The predicted molar refractivity (Wildman–Crippen MR) is 224 cm³/mol. The third-order valence-electron chi connectivity index (χ3n) is 10.3. The molecule has 14 nitrogen and oxygen atoms in total. The zero-order valence-electron chi connectivity index (χ0n) is 33.4. The molecule has 4 amide bonds. The lowest BCUT2D eigenvalue weighted by molar-refractivity contribution is -0.136. The lowest BCUT2D eigenvalue weighted by Crippen LogP contribution is -2.51. The van der Waals surface area contributed by atoms with Crippen LogP contribution in [0.5, 0.6) is 0 Å². The minimum atomic E-state index is -0.727. The lowest BCUT2D eigenvalue weighted by atomic mass is 9.97. The number of hydrogen-bond donors (Lipinski definition) is 4. The van der Waals surface area contributed by atoms with Gasteiger partial charge >= 0.3 is 12.2 Å². The fourth-order valence-corrected chi connectivity index (χ4v) is 7.42. The van der Waals surface area contributed by atoms with Crippen molar-refractivity contribution in [1.82, 2.24) is 40.4 Å². The summed E-state index contributed by atoms with van der Waals surface area (Å²) >= 11 is 0. The topological polar surface area (TPSA) is 175 Å². The summed E-state index contributed by atoms with van der Waals surface area (Å²) in [6.45, 7) is 8.64. The van der Waals surface area contributed by atoms with Gasteiger partial charge in [-0.1, -0.05) is 70.0 Å². The molecule has 0 unspecified atom stereocenters. The number of benzene rings is 2. The van der Waals surface area contributed by atoms with E-state index in [2.05, 4.69) is 49.3 Å². The van der Waals surface area contributed by atoms with Crippen LogP contribution in [0.3, 0.4) is 0 Å². The Kier molecular flexibility index (Phi) is 15.6. The maximum absolute atomic E-state index is 13.7. The molecular formula is C42H50Cl2N8O6. The first-order chi connectivity index (χ1) is 27.0. The monoisotopic (exact) mass is 832 g/mol. The van der Waals surface area contributed by atoms with Gasteiger partial charge in [0.15, 0.2) is 0 Å². The van der Waals surface area contributed by atoms with Gasteiger partial charge in [-0.05, 0) is 66.1 Å². The van der Waals surface area contributed by atoms with Gasteiger partial charge in [0.1, 0.15) is 29.4 Å². The molecule has 2 aliphatic rings. The summed E-state index contributed by atoms with van der Waals surface area (Å²) in [4.78, 5) is 70.8. The van der Waals surface area contributed by atoms with Gasteiger partial charge in [0.05, 0.1) is 44.4 Å². The second kappa shape index (κ2) is 20.1. The minimum absolute atomic E-state index is 0. The third-order valence-corrected chi connectivity index (χ3v) is 10.3. The SMILES string of the molecule is COC(=O)N[C@H](C(=O)N1CCC[C@H]1c1ncc(C#CC#Cc2c(-c3cnc([C@@H]4CCCN4C(=O)[C@@H](NC(=O)OC)C(C)C)[nH]3)ccc3ccccc23)[nH]1)C(C)C.Cl.Cl. The van der Waals surface area contributed by atoms with Crippen LogP contribution in [0, 0.1) is 35.5 Å². The largest absolute Gasteiger partial charge is 0.453 e. The molecule has 2 aliphatic heterocycles. The number of methoxy groups -OCH3 is 2. The van der Waals surface area contributed by atoms with Gasteiger partial charge < -0.3 is 39.9 Å². The van der Waals surface area contributed by atoms with Crippen molar-refractivity contribution in [3.63, 3.8) is 0 Å². The van der Waals surface area contributed by atoms with Gasteiger partial charge in [0.25, 0.3) is 0 Å². The molecule has 4 atom stereocenters. The number of carbonyl (C=O) groups excluding carboxylic acids is 4. The molecule has 6 rings (SSSR count). The molecule has 0 spiro atoms. The van der Waals surface area contributed by atoms with Crippen molar-refractivity contribution in [2.45, 2.75) is 77.5 Å². The number of hydrogen-bond acceptors (Lipinski definition) is 8. The van der Waals surface area contributed by atoms with Crippen LogP contribution in [-0.2, 0) is 19.1 Å². The van der Waals surface area contributed by atoms with Crippen LogP contribution in [0.15, 0.2) is 48.8 Å². The standard InChI is InChI=1S/C42H48N8O6.2ClH/c1-25(2)35(47-41(53)55-5)39(51)49-21-11-17-33(49)37-43-23-28(45-37)14-8-10-16-30-29-15-9-7-13-27(29)19-20-31(30)32-24-44-38(46-32)34-18-12-22-50(34)40(52)36(26(3)4)48-42(54)56-6;;/h7,9,13,15,19-20,23-26,33-36H,11-12,17-18,21-22H2,1-6H3,(H,43,45)(H,44,46)(H,47,53)(H,48,54);2*1H/t33-,34-,35-,36-;;/m0../s1. The van der Waals surface area contributed by atoms with Crippen molar-refractivity contribution in [3.05, 3.63) is 71.7 Å². The van der Waals surface area contributed by atoms with Crippen LogP contribution in [0.4, 0.5) is 9.59 Å². The van der Waals surface area contributed by atoms with Gasteiger partial charge in [-0.2, -0.15) is 0 Å². The summed E-state index contributed by atoms with van der Waals surface area (Å²) in [5.41, 5.74) is 2.94. The Hall–Kier alpha value is -5.70. The van der Waals surface area contributed by atoms with Crippen molar-refractivity contribution in [2.24, 2.45) is 11.8 Å². The summed E-state index contributed by atoms with van der Waals surface area (Å²) in [6, 6.07) is 10.0. The summed E-state index contributed by atoms with van der Waals surface area (Å²) < 4.78 is 9.52. The molecule has 2 aromatic heterocycles. The number of aromatic nitrogens is 4. The number of rotatable bonds is 9. The number of likely N-dealkylation sites (tertiary alicyclic amines) is 2. The van der Waals surface area contributed by atoms with E-state index >= 15 is 0 Å². The number of ether oxygens (including phenoxy) is 2. The van der Waals surface area contributed by atoms with Gasteiger partial charge in [0, 0.05) is 24.2 Å². The van der Waals surface area contributed by atoms with Crippen LogP contribution in [0.2, 0.25) is 0 Å². The molecule has 308 valence electrons. The van der Waals surface area contributed by atoms with Crippen molar-refractivity contribution in [3.8, 4) is 34.9 Å². The average molecular weight is 834 g/mol. The van der Waals surface area contributed by atoms with E-state index in [-0.39, 0.29) is 60.5 Å². The van der Waals surface area contributed by atoms with E-state index in [1.54, 1.807) is 22.2 Å². The van der Waals surface area contributed by atoms with Crippen molar-refractivity contribution < 1.29 is 28.7 Å². The van der Waals surface area contributed by atoms with Crippen LogP contribution in [0.1, 0.15) is 88.4 Å². The van der Waals surface area contributed by atoms with E-state index in [0.29, 0.717) is 30.4 Å². The average Bonchev–Trinajstić information content (AvgIpc) is 4.03. The molecular weight excluding hydrogens is 783 g/mol. The first-order valence-electron chi connectivity index (χ1n) is 18.9. The van der Waals surface area contributed by atoms with Crippen LogP contribution in [0.25, 0.3) is 22.0 Å². The van der Waals surface area contributed by atoms with Crippen molar-refractivity contribution >= 4 is 59.6 Å². The number of fused-ring (bicyclic) bond motifs is 1. The zero-order chi connectivity index (χ0) is 39.9. The highest BCUT2D eigenvalue weighted by atomic mass is 35.5. The minimum Gasteiger partial charge on any atom is -0.453 e. The maximum Gasteiger partial charge on any atom is 0.407 e. The second-order valence-corrected chi connectivity index (χ2v) is 14.7. The van der Waals surface area contributed by atoms with E-state index in [1.165, 1.54) is 14.2 Å². The summed E-state index contributed by atoms with van der Waals surface area (Å²) in [7, 11) is 2.55. The first kappa shape index (κ1) is 45.0. The Balaban J connectivity index is 0.00000372. The normalized spacial score (nSPS) is 16.9. The fourth-order valence-electron chi connectivity index (χ4n) is 7.42. The van der Waals surface area contributed by atoms with Crippen LogP contribution < -0.4 is 10.6 Å². The zero-order valence-corrected chi connectivity index (χ0v) is 35.0. The highest BCUT2D eigenvalue weighted by Crippen LogP contribution is 2.35. The number of amides is 4. The molecule has 4 heterocycles. The van der Waals surface area contributed by atoms with E-state index in [9.17, 15) is 19.2 Å². The molecule has 0 bridgehead atoms. The molecule has 2 fully saturated rings. The highest BCUT2D eigenvalue weighted by Gasteiger charge is 2.39. The molecule has 2 aromatic carbocycles. The molecule has 0 aliphatic carbocycles. The number of imidazole rings is 2. The molecule has 2 saturated heterocycles. The highest BCUT2D eigenvalue weighted by molar-refractivity contribution is 5.94. The fraction of sp³-hybridized carbons (Fsp3) is 0.429. The Morgan fingerprint density at radius 3 is 1.84 bits per heavy atom. The Labute approximate surface area is 350 Å². The van der Waals surface area contributed by atoms with Gasteiger partial charge in [-0.3, -0.25) is 9.59 Å². The van der Waals surface area contributed by atoms with E-state index in [0.717, 1.165) is 53.3 Å². The third kappa shape index (κ3) is 9.87. The summed E-state index contributed by atoms with van der Waals surface area (Å²) in [6.07, 6.45) is 5.19. The molecule has 4 aromatic rings. The van der Waals surface area contributed by atoms with Gasteiger partial charge in [-0.15, -0.1) is 24.8 Å². The smallest absolute Gasteiger partial charge is 0.407 e. The maximum atomic E-state index is 13.7. The summed E-state index contributed by atoms with van der Waals surface area (Å²) in [5, 5.41) is 7.34. The Morgan fingerprint density at radius 1 is 0.741 bits per heavy atom. The van der Waals surface area contributed by atoms with Crippen molar-refractivity contribution in [1.29, 1.82) is 0 Å². The molecule has 0 radical (unpaired) electrons. The summed E-state index contributed by atoms with van der Waals surface area (Å²) in [5.74, 6) is 13.0. The Bertz CT molecular complexity index is 2230. The van der Waals surface area contributed by atoms with E-state index < -0.39 is 24.3 Å². The second-order valence-electron chi connectivity index (χ2n) is 14.7. The number of halogens is 2. The molecule has 58 heavy (non-hydrogen) atoms. The first-order valence-corrected chi connectivity index (χ1v) is 18.9. The number of carbonyl (C=O) groups is 4. The van der Waals surface area contributed by atoms with E-state index in [1.807, 2.05) is 64.1 Å². The number of nitrogens with one attached hydrogen (secondary N) is 4. The lowest BCUT2D eigenvalue weighted by Gasteiger charge is -2.30. The predicted octanol–water partition coefficient (Wildman–Crippen LogP) is 6.29.